The molecular weight excluding hydrogens is 268 g/mol. The third kappa shape index (κ3) is 2.19. The lowest BCUT2D eigenvalue weighted by Crippen LogP contribution is -2.59. The fourth-order valence-corrected chi connectivity index (χ4v) is 4.54. The van der Waals surface area contributed by atoms with Gasteiger partial charge in [-0.2, -0.15) is 0 Å². The Hall–Kier alpha value is -1.32. The summed E-state index contributed by atoms with van der Waals surface area (Å²) < 4.78 is 11.3. The van der Waals surface area contributed by atoms with E-state index >= 15 is 0 Å². The Morgan fingerprint density at radius 3 is 2.43 bits per heavy atom. The molecule has 0 spiro atoms. The minimum atomic E-state index is -0.729. The molecule has 21 heavy (non-hydrogen) atoms. The Morgan fingerprint density at radius 1 is 1.33 bits per heavy atom. The van der Waals surface area contributed by atoms with E-state index in [4.69, 9.17) is 9.47 Å². The van der Waals surface area contributed by atoms with Crippen LogP contribution in [-0.2, 0) is 19.1 Å². The van der Waals surface area contributed by atoms with Crippen LogP contribution in [0.4, 0.5) is 0 Å². The first kappa shape index (κ1) is 16.1. The van der Waals surface area contributed by atoms with Crippen molar-refractivity contribution in [1.29, 1.82) is 0 Å². The highest BCUT2D eigenvalue weighted by Gasteiger charge is 2.68. The second kappa shape index (κ2) is 5.47. The van der Waals surface area contributed by atoms with E-state index < -0.39 is 11.6 Å². The average molecular weight is 294 g/mol. The Balaban J connectivity index is 2.43. The maximum Gasteiger partial charge on any atom is 0.333 e. The van der Waals surface area contributed by atoms with Crippen molar-refractivity contribution in [3.63, 3.8) is 0 Å². The Bertz CT molecular complexity index is 456. The Kier molecular flexibility index (Phi) is 4.18. The summed E-state index contributed by atoms with van der Waals surface area (Å²) in [6, 6.07) is 0. The first-order valence-electron chi connectivity index (χ1n) is 7.75. The van der Waals surface area contributed by atoms with Gasteiger partial charge in [-0.05, 0) is 31.1 Å². The first-order valence-corrected chi connectivity index (χ1v) is 7.75. The molecule has 0 N–H and O–H groups in total. The molecule has 0 radical (unpaired) electrons. The molecule has 118 valence electrons. The van der Waals surface area contributed by atoms with Crippen LogP contribution in [0.5, 0.6) is 0 Å². The molecule has 0 heterocycles. The maximum atomic E-state index is 12.2. The van der Waals surface area contributed by atoms with Crippen LogP contribution < -0.4 is 0 Å². The molecular formula is C17H26O4. The van der Waals surface area contributed by atoms with Gasteiger partial charge in [0.2, 0.25) is 0 Å². The van der Waals surface area contributed by atoms with E-state index in [2.05, 4.69) is 20.4 Å². The van der Waals surface area contributed by atoms with Gasteiger partial charge in [0.15, 0.2) is 5.60 Å². The topological polar surface area (TPSA) is 52.6 Å². The van der Waals surface area contributed by atoms with Gasteiger partial charge in [0.1, 0.15) is 6.10 Å². The van der Waals surface area contributed by atoms with Crippen LogP contribution in [0.15, 0.2) is 12.2 Å². The summed E-state index contributed by atoms with van der Waals surface area (Å²) >= 11 is 0. The van der Waals surface area contributed by atoms with Crippen LogP contribution >= 0.6 is 0 Å². The molecule has 2 saturated carbocycles. The predicted octanol–water partition coefficient (Wildman–Crippen LogP) is 2.96. The van der Waals surface area contributed by atoms with E-state index in [9.17, 15) is 9.59 Å². The number of esters is 1. The van der Waals surface area contributed by atoms with Gasteiger partial charge in [-0.3, -0.25) is 4.79 Å². The minimum Gasteiger partial charge on any atom is -0.460 e. The summed E-state index contributed by atoms with van der Waals surface area (Å²) in [4.78, 5) is 23.1. The molecule has 2 bridgehead atoms. The third-order valence-corrected chi connectivity index (χ3v) is 5.80. The molecule has 0 aromatic heterocycles. The highest BCUT2D eigenvalue weighted by Crippen LogP contribution is 2.61. The molecule has 6 atom stereocenters. The molecule has 0 aliphatic heterocycles. The highest BCUT2D eigenvalue weighted by atomic mass is 16.6. The third-order valence-electron chi connectivity index (χ3n) is 5.80. The molecule has 0 aromatic rings. The van der Waals surface area contributed by atoms with Gasteiger partial charge in [0.25, 0.3) is 6.47 Å². The smallest absolute Gasteiger partial charge is 0.333 e. The number of ether oxygens (including phenoxy) is 2. The zero-order valence-electron chi connectivity index (χ0n) is 13.6. The molecule has 2 aliphatic rings. The second-order valence-electron chi connectivity index (χ2n) is 7.06. The van der Waals surface area contributed by atoms with E-state index in [0.717, 1.165) is 6.42 Å². The lowest BCUT2D eigenvalue weighted by molar-refractivity contribution is -0.207. The van der Waals surface area contributed by atoms with Crippen molar-refractivity contribution >= 4 is 12.4 Å². The highest BCUT2D eigenvalue weighted by molar-refractivity contribution is 5.87. The first-order chi connectivity index (χ1) is 9.77. The monoisotopic (exact) mass is 294 g/mol. The summed E-state index contributed by atoms with van der Waals surface area (Å²) in [5.41, 5.74) is -0.351. The molecule has 0 aromatic carbocycles. The van der Waals surface area contributed by atoms with E-state index in [1.807, 2.05) is 13.8 Å². The summed E-state index contributed by atoms with van der Waals surface area (Å²) in [6.45, 7) is 14.3. The van der Waals surface area contributed by atoms with Gasteiger partial charge in [-0.15, -0.1) is 0 Å². The summed E-state index contributed by atoms with van der Waals surface area (Å²) in [6.07, 6.45) is 0.595. The largest absolute Gasteiger partial charge is 0.460 e. The fourth-order valence-electron chi connectivity index (χ4n) is 4.54. The van der Waals surface area contributed by atoms with E-state index in [0.29, 0.717) is 23.9 Å². The van der Waals surface area contributed by atoms with Crippen LogP contribution in [0.2, 0.25) is 0 Å². The van der Waals surface area contributed by atoms with Crippen LogP contribution in [0.1, 0.15) is 41.0 Å². The van der Waals surface area contributed by atoms with Crippen LogP contribution in [0.3, 0.4) is 0 Å². The van der Waals surface area contributed by atoms with Crippen LogP contribution in [0.25, 0.3) is 0 Å². The quantitative estimate of drug-likeness (QED) is 0.444. The van der Waals surface area contributed by atoms with Crippen molar-refractivity contribution in [2.75, 3.05) is 0 Å². The SMILES string of the molecule is C=C(C)C(=O)OC1(C(C)C)C2CC(C(C)C2C)C1OC=O. The molecule has 6 unspecified atom stereocenters. The number of fused-ring (bicyclic) bond motifs is 2. The number of rotatable bonds is 5. The van der Waals surface area contributed by atoms with Gasteiger partial charge in [0.05, 0.1) is 0 Å². The second-order valence-corrected chi connectivity index (χ2v) is 7.06. The van der Waals surface area contributed by atoms with Crippen molar-refractivity contribution in [2.24, 2.45) is 29.6 Å². The normalized spacial score (nSPS) is 41.1. The van der Waals surface area contributed by atoms with Crippen LogP contribution in [-0.4, -0.2) is 24.1 Å². The summed E-state index contributed by atoms with van der Waals surface area (Å²) in [5.74, 6) is 1.09. The number of hydrogen-bond donors (Lipinski definition) is 0. The Labute approximate surface area is 126 Å². The number of carbonyl (C=O) groups excluding carboxylic acids is 2. The van der Waals surface area contributed by atoms with Gasteiger partial charge in [-0.25, -0.2) is 4.79 Å². The van der Waals surface area contributed by atoms with Crippen molar-refractivity contribution < 1.29 is 19.1 Å². The molecule has 4 nitrogen and oxygen atoms in total. The standard InChI is InChI=1S/C17H26O4/c1-9(2)16(19)21-17(10(3)4)14-7-13(11(5)12(14)6)15(17)20-8-18/h8,10-15H,1,7H2,2-6H3. The minimum absolute atomic E-state index is 0.0794. The van der Waals surface area contributed by atoms with Crippen molar-refractivity contribution in [2.45, 2.75) is 52.7 Å². The average Bonchev–Trinajstić information content (AvgIpc) is 2.87. The van der Waals surface area contributed by atoms with Gasteiger partial charge < -0.3 is 9.47 Å². The maximum absolute atomic E-state index is 12.2. The molecule has 2 fully saturated rings. The molecule has 4 heteroatoms. The molecule has 0 saturated heterocycles. The lowest BCUT2D eigenvalue weighted by atomic mass is 9.66. The number of carbonyl (C=O) groups is 2. The molecule has 2 aliphatic carbocycles. The van der Waals surface area contributed by atoms with Gasteiger partial charge >= 0.3 is 5.97 Å². The van der Waals surface area contributed by atoms with Crippen molar-refractivity contribution in [3.05, 3.63) is 12.2 Å². The number of hydrogen-bond acceptors (Lipinski definition) is 4. The van der Waals surface area contributed by atoms with Crippen molar-refractivity contribution in [1.82, 2.24) is 0 Å². The Morgan fingerprint density at radius 2 is 1.95 bits per heavy atom. The van der Waals surface area contributed by atoms with Crippen LogP contribution in [0, 0.1) is 29.6 Å². The van der Waals surface area contributed by atoms with Gasteiger partial charge in [0, 0.05) is 17.4 Å². The summed E-state index contributed by atoms with van der Waals surface area (Å²) in [5, 5.41) is 0. The van der Waals surface area contributed by atoms with E-state index in [1.54, 1.807) is 6.92 Å². The zero-order valence-corrected chi connectivity index (χ0v) is 13.6. The van der Waals surface area contributed by atoms with Crippen molar-refractivity contribution in [3.8, 4) is 0 Å². The van der Waals surface area contributed by atoms with Gasteiger partial charge in [-0.1, -0.05) is 34.3 Å². The fraction of sp³-hybridized carbons (Fsp3) is 0.765. The molecule has 2 rings (SSSR count). The predicted molar refractivity (Wildman–Crippen MR) is 79.3 cm³/mol. The lowest BCUT2D eigenvalue weighted by Gasteiger charge is -2.48. The van der Waals surface area contributed by atoms with E-state index in [1.165, 1.54) is 0 Å². The van der Waals surface area contributed by atoms with E-state index in [-0.39, 0.29) is 23.9 Å². The molecule has 0 amide bonds. The zero-order chi connectivity index (χ0) is 15.9. The summed E-state index contributed by atoms with van der Waals surface area (Å²) in [7, 11) is 0.